The van der Waals surface area contributed by atoms with Crippen LogP contribution in [-0.4, -0.2) is 12.3 Å². The van der Waals surface area contributed by atoms with Crippen molar-refractivity contribution in [3.63, 3.8) is 0 Å². The number of ether oxygens (including phenoxy) is 2. The molecule has 2 rings (SSSR count). The van der Waals surface area contributed by atoms with Crippen LogP contribution in [0.3, 0.4) is 0 Å². The number of carbonyl (C=O) groups excluding carboxylic acids is 1. The summed E-state index contributed by atoms with van der Waals surface area (Å²) in [5.74, 6) is -0.155. The van der Waals surface area contributed by atoms with Gasteiger partial charge in [-0.25, -0.2) is 0 Å². The fourth-order valence-corrected chi connectivity index (χ4v) is 4.20. The Kier molecular flexibility index (Phi) is 15.9. The Bertz CT molecular complexity index is 729. The molecule has 0 aliphatic carbocycles. The average molecular weight is 467 g/mol. The normalized spacial score (nSPS) is 11.9. The molecule has 2 aromatic carbocycles. The summed E-state index contributed by atoms with van der Waals surface area (Å²) in [6.45, 7) is 2.71. The molecule has 2 aromatic rings. The second-order valence-corrected chi connectivity index (χ2v) is 9.40. The highest BCUT2D eigenvalue weighted by Crippen LogP contribution is 2.15. The van der Waals surface area contributed by atoms with Crippen molar-refractivity contribution in [3.8, 4) is 0 Å². The highest BCUT2D eigenvalue weighted by atomic mass is 16.7. The van der Waals surface area contributed by atoms with Crippen LogP contribution in [0.15, 0.2) is 60.7 Å². The van der Waals surface area contributed by atoms with Crippen molar-refractivity contribution in [2.75, 3.05) is 0 Å². The van der Waals surface area contributed by atoms with Crippen molar-refractivity contribution in [3.05, 3.63) is 71.8 Å². The van der Waals surface area contributed by atoms with Gasteiger partial charge in [0.15, 0.2) is 0 Å². The monoisotopic (exact) mass is 466 g/mol. The molecule has 3 nitrogen and oxygen atoms in total. The Hall–Kier alpha value is -2.13. The average Bonchev–Trinajstić information content (AvgIpc) is 2.86. The van der Waals surface area contributed by atoms with Crippen molar-refractivity contribution in [1.29, 1.82) is 0 Å². The maximum atomic E-state index is 12.5. The number of benzene rings is 2. The highest BCUT2D eigenvalue weighted by molar-refractivity contribution is 5.69. The van der Waals surface area contributed by atoms with E-state index in [4.69, 9.17) is 9.47 Å². The van der Waals surface area contributed by atoms with Crippen LogP contribution < -0.4 is 0 Å². The standard InChI is InChI=1S/C31H46O3/c1-2-3-4-5-6-7-8-9-10-11-12-13-20-25-30(32)34-31(26-28-21-16-14-17-22-28)33-27-29-23-18-15-19-24-29/h14-19,21-24,31H,2-13,20,25-27H2,1H3. The first-order chi connectivity index (χ1) is 16.8. The van der Waals surface area contributed by atoms with Crippen molar-refractivity contribution < 1.29 is 14.3 Å². The van der Waals surface area contributed by atoms with Crippen LogP contribution in [0.25, 0.3) is 0 Å². The smallest absolute Gasteiger partial charge is 0.308 e. The van der Waals surface area contributed by atoms with E-state index in [1.165, 1.54) is 70.6 Å². The number of esters is 1. The van der Waals surface area contributed by atoms with Crippen molar-refractivity contribution in [2.45, 2.75) is 116 Å². The molecule has 0 aliphatic heterocycles. The molecular weight excluding hydrogens is 420 g/mol. The fraction of sp³-hybridized carbons (Fsp3) is 0.581. The Morgan fingerprint density at radius 1 is 0.647 bits per heavy atom. The molecule has 0 spiro atoms. The number of hydrogen-bond acceptors (Lipinski definition) is 3. The van der Waals surface area contributed by atoms with Crippen LogP contribution in [0.2, 0.25) is 0 Å². The molecule has 0 fully saturated rings. The Balaban J connectivity index is 1.56. The predicted octanol–water partition coefficient (Wildman–Crippen LogP) is 8.80. The minimum atomic E-state index is -0.558. The molecule has 0 aliphatic rings. The molecule has 0 heterocycles. The lowest BCUT2D eigenvalue weighted by molar-refractivity contribution is -0.181. The quantitative estimate of drug-likeness (QED) is 0.111. The van der Waals surface area contributed by atoms with Crippen molar-refractivity contribution >= 4 is 5.97 Å². The fourth-order valence-electron chi connectivity index (χ4n) is 4.20. The lowest BCUT2D eigenvalue weighted by Crippen LogP contribution is -2.24. The largest absolute Gasteiger partial charge is 0.435 e. The number of unbranched alkanes of at least 4 members (excludes halogenated alkanes) is 12. The summed E-state index contributed by atoms with van der Waals surface area (Å²) < 4.78 is 11.7. The maximum absolute atomic E-state index is 12.5. The van der Waals surface area contributed by atoms with Gasteiger partial charge in [0.05, 0.1) is 6.61 Å². The van der Waals surface area contributed by atoms with Gasteiger partial charge in [-0.3, -0.25) is 4.79 Å². The highest BCUT2D eigenvalue weighted by Gasteiger charge is 2.16. The number of hydrogen-bond donors (Lipinski definition) is 0. The Morgan fingerprint density at radius 2 is 1.12 bits per heavy atom. The molecule has 3 heteroatoms. The molecular formula is C31H46O3. The molecule has 0 saturated carbocycles. The van der Waals surface area contributed by atoms with E-state index in [1.54, 1.807) is 0 Å². The van der Waals surface area contributed by atoms with Gasteiger partial charge in [-0.15, -0.1) is 0 Å². The summed E-state index contributed by atoms with van der Waals surface area (Å²) in [6, 6.07) is 20.1. The SMILES string of the molecule is CCCCCCCCCCCCCCCC(=O)OC(Cc1ccccc1)OCc1ccccc1. The van der Waals surface area contributed by atoms with Gasteiger partial charge in [0.25, 0.3) is 0 Å². The zero-order valence-corrected chi connectivity index (χ0v) is 21.4. The Morgan fingerprint density at radius 3 is 1.65 bits per heavy atom. The second kappa shape index (κ2) is 19.2. The van der Waals surface area contributed by atoms with Crippen LogP contribution in [0.5, 0.6) is 0 Å². The first-order valence-corrected chi connectivity index (χ1v) is 13.7. The van der Waals surface area contributed by atoms with E-state index >= 15 is 0 Å². The number of rotatable bonds is 20. The zero-order chi connectivity index (χ0) is 24.1. The molecule has 0 radical (unpaired) electrons. The molecule has 1 unspecified atom stereocenters. The van der Waals surface area contributed by atoms with E-state index < -0.39 is 6.29 Å². The van der Waals surface area contributed by atoms with Crippen LogP contribution in [-0.2, 0) is 27.3 Å². The summed E-state index contributed by atoms with van der Waals surface area (Å²) in [7, 11) is 0. The van der Waals surface area contributed by atoms with E-state index in [0.717, 1.165) is 24.0 Å². The van der Waals surface area contributed by atoms with Gasteiger partial charge >= 0.3 is 5.97 Å². The van der Waals surface area contributed by atoms with Crippen LogP contribution in [0.4, 0.5) is 0 Å². The molecule has 0 amide bonds. The van der Waals surface area contributed by atoms with Gasteiger partial charge < -0.3 is 9.47 Å². The molecule has 0 aromatic heterocycles. The van der Waals surface area contributed by atoms with Gasteiger partial charge in [-0.2, -0.15) is 0 Å². The summed E-state index contributed by atoms with van der Waals surface area (Å²) in [5.41, 5.74) is 2.18. The Labute approximate surface area is 208 Å². The lowest BCUT2D eigenvalue weighted by atomic mass is 10.0. The zero-order valence-electron chi connectivity index (χ0n) is 21.4. The third-order valence-electron chi connectivity index (χ3n) is 6.27. The van der Waals surface area contributed by atoms with Crippen molar-refractivity contribution in [2.24, 2.45) is 0 Å². The first-order valence-electron chi connectivity index (χ1n) is 13.7. The predicted molar refractivity (Wildman–Crippen MR) is 142 cm³/mol. The lowest BCUT2D eigenvalue weighted by Gasteiger charge is -2.19. The van der Waals surface area contributed by atoms with E-state index in [2.05, 4.69) is 6.92 Å². The minimum Gasteiger partial charge on any atom is -0.435 e. The van der Waals surface area contributed by atoms with E-state index in [9.17, 15) is 4.79 Å². The number of carbonyl (C=O) groups is 1. The molecule has 0 bridgehead atoms. The summed E-state index contributed by atoms with van der Waals surface area (Å²) in [4.78, 5) is 12.5. The van der Waals surface area contributed by atoms with Crippen LogP contribution in [0.1, 0.15) is 108 Å². The third kappa shape index (κ3) is 14.2. The van der Waals surface area contributed by atoms with Crippen LogP contribution in [0, 0.1) is 0 Å². The summed E-state index contributed by atoms with van der Waals surface area (Å²) in [5, 5.41) is 0. The third-order valence-corrected chi connectivity index (χ3v) is 6.27. The summed E-state index contributed by atoms with van der Waals surface area (Å²) in [6.07, 6.45) is 17.4. The van der Waals surface area contributed by atoms with E-state index in [1.807, 2.05) is 60.7 Å². The van der Waals surface area contributed by atoms with E-state index in [-0.39, 0.29) is 5.97 Å². The molecule has 188 valence electrons. The second-order valence-electron chi connectivity index (χ2n) is 9.40. The summed E-state index contributed by atoms with van der Waals surface area (Å²) >= 11 is 0. The minimum absolute atomic E-state index is 0.155. The van der Waals surface area contributed by atoms with Gasteiger partial charge in [0, 0.05) is 12.8 Å². The van der Waals surface area contributed by atoms with Gasteiger partial charge in [-0.05, 0) is 17.5 Å². The van der Waals surface area contributed by atoms with Crippen LogP contribution >= 0.6 is 0 Å². The van der Waals surface area contributed by atoms with Gasteiger partial charge in [0.1, 0.15) is 0 Å². The topological polar surface area (TPSA) is 35.5 Å². The van der Waals surface area contributed by atoms with Crippen molar-refractivity contribution in [1.82, 2.24) is 0 Å². The van der Waals surface area contributed by atoms with Gasteiger partial charge in [0.2, 0.25) is 6.29 Å². The molecule has 1 atom stereocenters. The maximum Gasteiger partial charge on any atom is 0.308 e. The molecule has 0 N–H and O–H groups in total. The van der Waals surface area contributed by atoms with Gasteiger partial charge in [-0.1, -0.05) is 145 Å². The molecule has 0 saturated heterocycles. The molecule has 34 heavy (non-hydrogen) atoms. The first kappa shape index (κ1) is 28.1. The van der Waals surface area contributed by atoms with E-state index in [0.29, 0.717) is 19.4 Å².